The SMILES string of the molecule is CCNC(=NCC(CC)(CC)CO)N1CCC(OCCCOC)CC1.I. The number of piperidine rings is 1. The van der Waals surface area contributed by atoms with Crippen molar-refractivity contribution in [2.45, 2.75) is 59.0 Å². The summed E-state index contributed by atoms with van der Waals surface area (Å²) in [5, 5.41) is 13.2. The molecule has 0 aromatic heterocycles. The quantitative estimate of drug-likeness (QED) is 0.204. The van der Waals surface area contributed by atoms with E-state index >= 15 is 0 Å². The van der Waals surface area contributed by atoms with Crippen molar-refractivity contribution in [3.05, 3.63) is 0 Å². The third-order valence-corrected chi connectivity index (χ3v) is 5.32. The van der Waals surface area contributed by atoms with Gasteiger partial charge >= 0.3 is 0 Å². The van der Waals surface area contributed by atoms with Gasteiger partial charge in [-0.05, 0) is 39.0 Å². The minimum atomic E-state index is -0.0938. The Morgan fingerprint density at radius 3 is 2.35 bits per heavy atom. The summed E-state index contributed by atoms with van der Waals surface area (Å²) in [6, 6.07) is 0. The molecule has 26 heavy (non-hydrogen) atoms. The normalized spacial score (nSPS) is 16.5. The molecule has 1 saturated heterocycles. The molecule has 0 amide bonds. The van der Waals surface area contributed by atoms with Crippen LogP contribution in [0.4, 0.5) is 0 Å². The van der Waals surface area contributed by atoms with Crippen molar-refractivity contribution < 1.29 is 14.6 Å². The minimum absolute atomic E-state index is 0. The first-order chi connectivity index (χ1) is 12.1. The van der Waals surface area contributed by atoms with Crippen LogP contribution in [0.2, 0.25) is 0 Å². The molecule has 6 nitrogen and oxygen atoms in total. The molecule has 156 valence electrons. The molecular weight excluding hydrogens is 445 g/mol. The fourth-order valence-electron chi connectivity index (χ4n) is 3.10. The zero-order chi connectivity index (χ0) is 18.5. The maximum absolute atomic E-state index is 9.76. The molecular formula is C19H40IN3O3. The van der Waals surface area contributed by atoms with Gasteiger partial charge in [0.1, 0.15) is 0 Å². The molecule has 0 radical (unpaired) electrons. The van der Waals surface area contributed by atoms with Crippen molar-refractivity contribution in [2.75, 3.05) is 53.1 Å². The number of halogens is 1. The Kier molecular flexibility index (Phi) is 14.8. The van der Waals surface area contributed by atoms with Gasteiger partial charge in [-0.25, -0.2) is 0 Å². The molecule has 0 spiro atoms. The van der Waals surface area contributed by atoms with E-state index in [1.807, 2.05) is 0 Å². The predicted molar refractivity (Wildman–Crippen MR) is 119 cm³/mol. The summed E-state index contributed by atoms with van der Waals surface area (Å²) in [5.41, 5.74) is -0.0938. The highest BCUT2D eigenvalue weighted by Crippen LogP contribution is 2.26. The lowest BCUT2D eigenvalue weighted by atomic mass is 9.83. The lowest BCUT2D eigenvalue weighted by Gasteiger charge is -2.35. The van der Waals surface area contributed by atoms with Gasteiger partial charge in [-0.2, -0.15) is 0 Å². The number of methoxy groups -OCH3 is 1. The van der Waals surface area contributed by atoms with Crippen LogP contribution in [-0.4, -0.2) is 75.2 Å². The molecule has 7 heteroatoms. The third kappa shape index (κ3) is 8.71. The van der Waals surface area contributed by atoms with E-state index in [0.29, 0.717) is 12.6 Å². The second-order valence-electron chi connectivity index (χ2n) is 6.94. The number of aliphatic hydroxyl groups is 1. The zero-order valence-electron chi connectivity index (χ0n) is 17.1. The standard InChI is InChI=1S/C19H39N3O3.HI/c1-5-19(6-2,16-23)15-21-18(20-7-3)22-11-9-17(10-12-22)25-14-8-13-24-4;/h17,23H,5-16H2,1-4H3,(H,20,21);1H. The van der Waals surface area contributed by atoms with E-state index in [1.165, 1.54) is 0 Å². The Bertz CT molecular complexity index is 363. The first kappa shape index (κ1) is 25.9. The Morgan fingerprint density at radius 2 is 1.85 bits per heavy atom. The van der Waals surface area contributed by atoms with Crippen LogP contribution < -0.4 is 5.32 Å². The van der Waals surface area contributed by atoms with E-state index in [9.17, 15) is 5.11 Å². The van der Waals surface area contributed by atoms with Crippen LogP contribution in [0.25, 0.3) is 0 Å². The average Bonchev–Trinajstić information content (AvgIpc) is 2.66. The van der Waals surface area contributed by atoms with E-state index in [2.05, 4.69) is 31.0 Å². The number of aliphatic hydroxyl groups excluding tert-OH is 1. The molecule has 1 aliphatic heterocycles. The largest absolute Gasteiger partial charge is 0.396 e. The van der Waals surface area contributed by atoms with Crippen LogP contribution >= 0.6 is 24.0 Å². The summed E-state index contributed by atoms with van der Waals surface area (Å²) in [5.74, 6) is 0.972. The minimum Gasteiger partial charge on any atom is -0.396 e. The average molecular weight is 485 g/mol. The Hall–Kier alpha value is -0.120. The number of rotatable bonds is 11. The predicted octanol–water partition coefficient (Wildman–Crippen LogP) is 2.89. The fourth-order valence-corrected chi connectivity index (χ4v) is 3.10. The van der Waals surface area contributed by atoms with Crippen LogP contribution in [0.5, 0.6) is 0 Å². The van der Waals surface area contributed by atoms with Crippen LogP contribution in [0.1, 0.15) is 52.9 Å². The molecule has 1 rings (SSSR count). The topological polar surface area (TPSA) is 66.3 Å². The van der Waals surface area contributed by atoms with Crippen molar-refractivity contribution in [3.63, 3.8) is 0 Å². The van der Waals surface area contributed by atoms with Crippen molar-refractivity contribution in [1.29, 1.82) is 0 Å². The number of ether oxygens (including phenoxy) is 2. The van der Waals surface area contributed by atoms with Gasteiger partial charge in [0.15, 0.2) is 5.96 Å². The van der Waals surface area contributed by atoms with Crippen molar-refractivity contribution in [1.82, 2.24) is 10.2 Å². The number of hydrogen-bond donors (Lipinski definition) is 2. The van der Waals surface area contributed by atoms with E-state index < -0.39 is 0 Å². The Labute approximate surface area is 177 Å². The van der Waals surface area contributed by atoms with Gasteiger partial charge in [0.05, 0.1) is 19.3 Å². The lowest BCUT2D eigenvalue weighted by molar-refractivity contribution is 0.00984. The van der Waals surface area contributed by atoms with Gasteiger partial charge < -0.3 is 24.8 Å². The number of likely N-dealkylation sites (tertiary alicyclic amines) is 1. The second-order valence-corrected chi connectivity index (χ2v) is 6.94. The van der Waals surface area contributed by atoms with Gasteiger partial charge in [-0.1, -0.05) is 13.8 Å². The summed E-state index contributed by atoms with van der Waals surface area (Å²) in [6.45, 7) is 11.6. The zero-order valence-corrected chi connectivity index (χ0v) is 19.5. The molecule has 0 unspecified atom stereocenters. The van der Waals surface area contributed by atoms with Crippen molar-refractivity contribution in [2.24, 2.45) is 10.4 Å². The smallest absolute Gasteiger partial charge is 0.193 e. The second kappa shape index (κ2) is 14.9. The molecule has 0 atom stereocenters. The van der Waals surface area contributed by atoms with Crippen molar-refractivity contribution >= 4 is 29.9 Å². The highest BCUT2D eigenvalue weighted by atomic mass is 127. The first-order valence-electron chi connectivity index (χ1n) is 9.89. The van der Waals surface area contributed by atoms with Crippen LogP contribution in [0.15, 0.2) is 4.99 Å². The van der Waals surface area contributed by atoms with E-state index in [0.717, 1.165) is 70.9 Å². The molecule has 1 aliphatic rings. The summed E-state index contributed by atoms with van der Waals surface area (Å²) >= 11 is 0. The van der Waals surface area contributed by atoms with E-state index in [-0.39, 0.29) is 36.0 Å². The molecule has 0 saturated carbocycles. The Balaban J connectivity index is 0.00000625. The van der Waals surface area contributed by atoms with Gasteiger partial charge in [-0.3, -0.25) is 4.99 Å². The number of aliphatic imine (C=N–C) groups is 1. The summed E-state index contributed by atoms with van der Waals surface area (Å²) in [6.07, 6.45) is 5.26. The molecule has 1 heterocycles. The van der Waals surface area contributed by atoms with Crippen LogP contribution in [0.3, 0.4) is 0 Å². The highest BCUT2D eigenvalue weighted by Gasteiger charge is 2.26. The number of guanidine groups is 1. The number of hydrogen-bond acceptors (Lipinski definition) is 4. The maximum Gasteiger partial charge on any atom is 0.193 e. The molecule has 0 aromatic rings. The fraction of sp³-hybridized carbons (Fsp3) is 0.947. The number of nitrogens with zero attached hydrogens (tertiary/aromatic N) is 2. The molecule has 2 N–H and O–H groups in total. The van der Waals surface area contributed by atoms with Gasteiger partial charge in [-0.15, -0.1) is 24.0 Å². The van der Waals surface area contributed by atoms with E-state index in [1.54, 1.807) is 7.11 Å². The highest BCUT2D eigenvalue weighted by molar-refractivity contribution is 14.0. The molecule has 0 aromatic carbocycles. The van der Waals surface area contributed by atoms with Crippen LogP contribution in [0, 0.1) is 5.41 Å². The lowest BCUT2D eigenvalue weighted by Crippen LogP contribution is -2.47. The molecule has 0 bridgehead atoms. The summed E-state index contributed by atoms with van der Waals surface area (Å²) in [7, 11) is 1.72. The summed E-state index contributed by atoms with van der Waals surface area (Å²) < 4.78 is 11.0. The van der Waals surface area contributed by atoms with Gasteiger partial charge in [0, 0.05) is 45.4 Å². The van der Waals surface area contributed by atoms with E-state index in [4.69, 9.17) is 14.5 Å². The number of nitrogens with one attached hydrogen (secondary N) is 1. The van der Waals surface area contributed by atoms with Gasteiger partial charge in [0.25, 0.3) is 0 Å². The molecule has 0 aliphatic carbocycles. The Morgan fingerprint density at radius 1 is 1.19 bits per heavy atom. The molecule has 1 fully saturated rings. The monoisotopic (exact) mass is 485 g/mol. The first-order valence-corrected chi connectivity index (χ1v) is 9.89. The third-order valence-electron chi connectivity index (χ3n) is 5.32. The van der Waals surface area contributed by atoms with Crippen LogP contribution in [-0.2, 0) is 9.47 Å². The van der Waals surface area contributed by atoms with Gasteiger partial charge in [0.2, 0.25) is 0 Å². The van der Waals surface area contributed by atoms with Crippen molar-refractivity contribution in [3.8, 4) is 0 Å². The maximum atomic E-state index is 9.76. The summed E-state index contributed by atoms with van der Waals surface area (Å²) in [4.78, 5) is 7.17.